The third kappa shape index (κ3) is 6.06. The van der Waals surface area contributed by atoms with Crippen molar-refractivity contribution < 1.29 is 33.3 Å². The molecule has 7 heteroatoms. The minimum atomic E-state index is -1.11. The van der Waals surface area contributed by atoms with Gasteiger partial charge in [0.05, 0.1) is 23.3 Å². The number of esters is 3. The molecule has 0 bridgehead atoms. The lowest BCUT2D eigenvalue weighted by Crippen LogP contribution is -2.57. The Morgan fingerprint density at radius 2 is 1.11 bits per heavy atom. The van der Waals surface area contributed by atoms with Crippen LogP contribution in [0.4, 0.5) is 0 Å². The van der Waals surface area contributed by atoms with E-state index in [-0.39, 0.29) is 6.61 Å². The molecule has 0 amide bonds. The minimum absolute atomic E-state index is 0.0524. The zero-order chi connectivity index (χ0) is 25.3. The van der Waals surface area contributed by atoms with Crippen LogP contribution in [0.5, 0.6) is 0 Å². The first kappa shape index (κ1) is 24.9. The normalized spacial score (nSPS) is 21.1. The van der Waals surface area contributed by atoms with Gasteiger partial charge >= 0.3 is 17.9 Å². The standard InChI is InChI=1S/C29H26O7/c1-2-12-23-25(35-28(31)21-15-8-4-9-16-21)26(36-29(32)22-17-10-5-11-18-22)24(19-33-23)34-27(30)20-13-6-3-7-14-20/h2-11,13-18,23-26H,1,12,19H2/t23-,24+,25-,26-/m0/s1. The van der Waals surface area contributed by atoms with Crippen molar-refractivity contribution in [2.75, 3.05) is 6.61 Å². The van der Waals surface area contributed by atoms with E-state index in [9.17, 15) is 14.4 Å². The molecule has 3 aromatic rings. The average molecular weight is 487 g/mol. The van der Waals surface area contributed by atoms with Crippen molar-refractivity contribution in [3.8, 4) is 0 Å². The molecule has 3 aromatic carbocycles. The zero-order valence-corrected chi connectivity index (χ0v) is 19.5. The summed E-state index contributed by atoms with van der Waals surface area (Å²) >= 11 is 0. The molecule has 4 rings (SSSR count). The van der Waals surface area contributed by atoms with Gasteiger partial charge in [-0.25, -0.2) is 14.4 Å². The van der Waals surface area contributed by atoms with E-state index in [1.54, 1.807) is 97.1 Å². The van der Waals surface area contributed by atoms with E-state index in [1.807, 2.05) is 0 Å². The predicted octanol–water partition coefficient (Wildman–Crippen LogP) is 4.64. The van der Waals surface area contributed by atoms with Crippen molar-refractivity contribution in [2.45, 2.75) is 30.8 Å². The van der Waals surface area contributed by atoms with Gasteiger partial charge in [-0.05, 0) is 42.8 Å². The largest absolute Gasteiger partial charge is 0.452 e. The minimum Gasteiger partial charge on any atom is -0.452 e. The smallest absolute Gasteiger partial charge is 0.338 e. The summed E-state index contributed by atoms with van der Waals surface area (Å²) in [6.07, 6.45) is -1.89. The first-order valence-corrected chi connectivity index (χ1v) is 11.6. The summed E-state index contributed by atoms with van der Waals surface area (Å²) in [7, 11) is 0. The second-order valence-corrected chi connectivity index (χ2v) is 8.18. The van der Waals surface area contributed by atoms with Crippen molar-refractivity contribution in [1.29, 1.82) is 0 Å². The maximum atomic E-state index is 13.0. The van der Waals surface area contributed by atoms with E-state index in [1.165, 1.54) is 0 Å². The van der Waals surface area contributed by atoms with Crippen LogP contribution in [0.1, 0.15) is 37.5 Å². The van der Waals surface area contributed by atoms with Crippen LogP contribution in [0.2, 0.25) is 0 Å². The molecule has 0 spiro atoms. The van der Waals surface area contributed by atoms with E-state index >= 15 is 0 Å². The van der Waals surface area contributed by atoms with Gasteiger partial charge in [0.1, 0.15) is 6.10 Å². The van der Waals surface area contributed by atoms with Gasteiger partial charge in [-0.2, -0.15) is 0 Å². The van der Waals surface area contributed by atoms with Gasteiger partial charge in [-0.1, -0.05) is 60.7 Å². The molecule has 184 valence electrons. The monoisotopic (exact) mass is 486 g/mol. The van der Waals surface area contributed by atoms with Crippen LogP contribution in [0.15, 0.2) is 104 Å². The first-order chi connectivity index (χ1) is 17.6. The number of hydrogen-bond acceptors (Lipinski definition) is 7. The van der Waals surface area contributed by atoms with Crippen molar-refractivity contribution >= 4 is 17.9 Å². The second-order valence-electron chi connectivity index (χ2n) is 8.18. The van der Waals surface area contributed by atoms with Gasteiger partial charge < -0.3 is 18.9 Å². The Bertz CT molecular complexity index is 1180. The molecule has 0 aliphatic carbocycles. The molecule has 7 nitrogen and oxygen atoms in total. The van der Waals surface area contributed by atoms with Gasteiger partial charge in [0.15, 0.2) is 18.3 Å². The topological polar surface area (TPSA) is 88.1 Å². The fourth-order valence-corrected chi connectivity index (χ4v) is 3.90. The molecular weight excluding hydrogens is 460 g/mol. The fourth-order valence-electron chi connectivity index (χ4n) is 3.90. The molecule has 1 fully saturated rings. The second kappa shape index (κ2) is 12.0. The van der Waals surface area contributed by atoms with E-state index in [4.69, 9.17) is 18.9 Å². The average Bonchev–Trinajstić information content (AvgIpc) is 2.93. The highest BCUT2D eigenvalue weighted by Gasteiger charge is 2.47. The summed E-state index contributed by atoms with van der Waals surface area (Å²) in [5.74, 6) is -1.87. The van der Waals surface area contributed by atoms with Crippen LogP contribution in [0.3, 0.4) is 0 Å². The number of rotatable bonds is 8. The molecule has 0 N–H and O–H groups in total. The number of benzene rings is 3. The highest BCUT2D eigenvalue weighted by molar-refractivity contribution is 5.91. The lowest BCUT2D eigenvalue weighted by molar-refractivity contribution is -0.188. The molecule has 1 saturated heterocycles. The highest BCUT2D eigenvalue weighted by atomic mass is 16.6. The van der Waals surface area contributed by atoms with Gasteiger partial charge in [-0.15, -0.1) is 6.58 Å². The van der Waals surface area contributed by atoms with E-state index in [0.717, 1.165) is 0 Å². The van der Waals surface area contributed by atoms with Crippen LogP contribution >= 0.6 is 0 Å². The zero-order valence-electron chi connectivity index (χ0n) is 19.5. The van der Waals surface area contributed by atoms with Gasteiger partial charge in [0, 0.05) is 0 Å². The SMILES string of the molecule is C=CC[C@@H]1OC[C@@H](OC(=O)c2ccccc2)[C@H](OC(=O)c2ccccc2)[C@H]1OC(=O)c1ccccc1. The molecule has 1 aliphatic rings. The molecule has 0 saturated carbocycles. The number of carbonyl (C=O) groups excluding carboxylic acids is 3. The molecule has 36 heavy (non-hydrogen) atoms. The Labute approximate surface area is 209 Å². The van der Waals surface area contributed by atoms with Crippen molar-refractivity contribution in [3.63, 3.8) is 0 Å². The van der Waals surface area contributed by atoms with Crippen LogP contribution < -0.4 is 0 Å². The van der Waals surface area contributed by atoms with E-state index in [2.05, 4.69) is 6.58 Å². The number of hydrogen-bond donors (Lipinski definition) is 0. The summed E-state index contributed by atoms with van der Waals surface area (Å²) in [6, 6.07) is 25.3. The maximum Gasteiger partial charge on any atom is 0.338 e. The van der Waals surface area contributed by atoms with E-state index < -0.39 is 42.3 Å². The number of carbonyl (C=O) groups is 3. The summed E-state index contributed by atoms with van der Waals surface area (Å²) in [5.41, 5.74) is 0.966. The third-order valence-electron chi connectivity index (χ3n) is 5.70. The van der Waals surface area contributed by atoms with Gasteiger partial charge in [0.25, 0.3) is 0 Å². The van der Waals surface area contributed by atoms with E-state index in [0.29, 0.717) is 23.1 Å². The Morgan fingerprint density at radius 3 is 1.56 bits per heavy atom. The van der Waals surface area contributed by atoms with Gasteiger partial charge in [0.2, 0.25) is 0 Å². The van der Waals surface area contributed by atoms with Crippen molar-refractivity contribution in [2.24, 2.45) is 0 Å². The summed E-state index contributed by atoms with van der Waals surface area (Å²) in [6.45, 7) is 3.70. The Morgan fingerprint density at radius 1 is 0.694 bits per heavy atom. The van der Waals surface area contributed by atoms with Crippen LogP contribution in [-0.4, -0.2) is 48.9 Å². The summed E-state index contributed by atoms with van der Waals surface area (Å²) in [4.78, 5) is 38.8. The molecular formula is C29H26O7. The van der Waals surface area contributed by atoms with Crippen molar-refractivity contribution in [1.82, 2.24) is 0 Å². The highest BCUT2D eigenvalue weighted by Crippen LogP contribution is 2.28. The van der Waals surface area contributed by atoms with Crippen LogP contribution in [-0.2, 0) is 18.9 Å². The van der Waals surface area contributed by atoms with Crippen LogP contribution in [0, 0.1) is 0 Å². The Hall–Kier alpha value is -4.23. The lowest BCUT2D eigenvalue weighted by Gasteiger charge is -2.40. The Kier molecular flexibility index (Phi) is 8.26. The fraction of sp³-hybridized carbons (Fsp3) is 0.207. The lowest BCUT2D eigenvalue weighted by atomic mass is 9.96. The predicted molar refractivity (Wildman–Crippen MR) is 131 cm³/mol. The summed E-state index contributed by atoms with van der Waals surface area (Å²) < 4.78 is 23.3. The number of ether oxygens (including phenoxy) is 4. The molecule has 0 unspecified atom stereocenters. The first-order valence-electron chi connectivity index (χ1n) is 11.6. The summed E-state index contributed by atoms with van der Waals surface area (Å²) in [5, 5.41) is 0. The molecule has 1 aliphatic heterocycles. The maximum absolute atomic E-state index is 13.0. The Balaban J connectivity index is 1.64. The third-order valence-corrected chi connectivity index (χ3v) is 5.70. The van der Waals surface area contributed by atoms with Gasteiger partial charge in [-0.3, -0.25) is 0 Å². The van der Waals surface area contributed by atoms with Crippen LogP contribution in [0.25, 0.3) is 0 Å². The molecule has 0 radical (unpaired) electrons. The molecule has 0 aromatic heterocycles. The quantitative estimate of drug-likeness (QED) is 0.260. The molecule has 1 heterocycles. The molecule has 4 atom stereocenters. The van der Waals surface area contributed by atoms with Crippen molar-refractivity contribution in [3.05, 3.63) is 120 Å².